The zero-order valence-corrected chi connectivity index (χ0v) is 15.9. The van der Waals surface area contributed by atoms with Crippen molar-refractivity contribution in [2.24, 2.45) is 0 Å². The molecule has 30 heavy (non-hydrogen) atoms. The predicted octanol–water partition coefficient (Wildman–Crippen LogP) is 7.70. The third kappa shape index (κ3) is 2.01. The molecule has 0 N–H and O–H groups in total. The molecule has 3 heteroatoms. The second kappa shape index (κ2) is 5.71. The van der Waals surface area contributed by atoms with Crippen molar-refractivity contribution < 1.29 is 8.83 Å². The largest absolute Gasteiger partial charge is 0.456 e. The zero-order chi connectivity index (χ0) is 19.7. The lowest BCUT2D eigenvalue weighted by Crippen LogP contribution is -1.83. The lowest BCUT2D eigenvalue weighted by atomic mass is 9.94. The van der Waals surface area contributed by atoms with Gasteiger partial charge in [-0.25, -0.2) is 0 Å². The molecule has 3 aromatic heterocycles. The number of benzene rings is 4. The number of aromatic nitrogens is 1. The van der Waals surface area contributed by atoms with Gasteiger partial charge in [0.25, 0.3) is 0 Å². The van der Waals surface area contributed by atoms with Gasteiger partial charge in [-0.15, -0.1) is 0 Å². The number of nitrogens with zero attached hydrogens (tertiary/aromatic N) is 1. The van der Waals surface area contributed by atoms with Crippen LogP contribution in [0, 0.1) is 0 Å². The van der Waals surface area contributed by atoms with Crippen LogP contribution in [0.15, 0.2) is 100 Å². The smallest absolute Gasteiger partial charge is 0.136 e. The normalized spacial score (nSPS) is 12.0. The van der Waals surface area contributed by atoms with Crippen LogP contribution in [-0.4, -0.2) is 4.98 Å². The summed E-state index contributed by atoms with van der Waals surface area (Å²) in [7, 11) is 0. The Bertz CT molecular complexity index is 1740. The molecule has 0 bridgehead atoms. The Hall–Kier alpha value is -4.11. The summed E-state index contributed by atoms with van der Waals surface area (Å²) in [4.78, 5) is 4.17. The standard InChI is InChI=1S/C27H15NO2/c1-2-6-18-17(5-1)20(16-11-13-28-14-12-16)15-24-25(18)27-23(30-24)10-9-22-26(27)19-7-3-4-8-21(19)29-22/h1-15H. The number of fused-ring (bicyclic) bond motifs is 9. The van der Waals surface area contributed by atoms with Gasteiger partial charge in [-0.05, 0) is 58.3 Å². The maximum atomic E-state index is 6.39. The van der Waals surface area contributed by atoms with Crippen LogP contribution >= 0.6 is 0 Å². The summed E-state index contributed by atoms with van der Waals surface area (Å²) in [5.74, 6) is 0. The number of hydrogen-bond acceptors (Lipinski definition) is 3. The molecule has 140 valence electrons. The van der Waals surface area contributed by atoms with Crippen molar-refractivity contribution in [2.45, 2.75) is 0 Å². The second-order valence-electron chi connectivity index (χ2n) is 7.59. The molecule has 0 aliphatic rings. The highest BCUT2D eigenvalue weighted by Gasteiger charge is 2.19. The van der Waals surface area contributed by atoms with E-state index in [1.807, 2.05) is 48.8 Å². The zero-order valence-electron chi connectivity index (χ0n) is 15.9. The summed E-state index contributed by atoms with van der Waals surface area (Å²) < 4.78 is 12.5. The monoisotopic (exact) mass is 385 g/mol. The van der Waals surface area contributed by atoms with Crippen LogP contribution in [-0.2, 0) is 0 Å². The van der Waals surface area contributed by atoms with Gasteiger partial charge >= 0.3 is 0 Å². The fourth-order valence-corrected chi connectivity index (χ4v) is 4.71. The third-order valence-corrected chi connectivity index (χ3v) is 5.97. The van der Waals surface area contributed by atoms with E-state index in [9.17, 15) is 0 Å². The van der Waals surface area contributed by atoms with Gasteiger partial charge in [0.15, 0.2) is 0 Å². The SMILES string of the molecule is c1ccc2c(c1)oc1ccc3oc4cc(-c5ccncc5)c5ccccc5c4c3c12. The minimum absolute atomic E-state index is 0.876. The van der Waals surface area contributed by atoms with Gasteiger partial charge < -0.3 is 8.83 Å². The first-order valence-corrected chi connectivity index (χ1v) is 9.97. The second-order valence-corrected chi connectivity index (χ2v) is 7.59. The molecule has 0 saturated carbocycles. The van der Waals surface area contributed by atoms with E-state index < -0.39 is 0 Å². The van der Waals surface area contributed by atoms with E-state index in [2.05, 4.69) is 47.4 Å². The van der Waals surface area contributed by atoms with E-state index in [1.165, 1.54) is 10.8 Å². The van der Waals surface area contributed by atoms with E-state index in [1.54, 1.807) is 0 Å². The average molecular weight is 385 g/mol. The summed E-state index contributed by atoms with van der Waals surface area (Å²) >= 11 is 0. The van der Waals surface area contributed by atoms with Crippen LogP contribution in [0.1, 0.15) is 0 Å². The van der Waals surface area contributed by atoms with Crippen LogP contribution in [0.5, 0.6) is 0 Å². The van der Waals surface area contributed by atoms with E-state index >= 15 is 0 Å². The Balaban J connectivity index is 1.75. The summed E-state index contributed by atoms with van der Waals surface area (Å²) in [6, 6.07) is 27.0. The predicted molar refractivity (Wildman–Crippen MR) is 122 cm³/mol. The molecule has 0 unspecified atom stereocenters. The highest BCUT2D eigenvalue weighted by Crippen LogP contribution is 2.44. The van der Waals surface area contributed by atoms with Gasteiger partial charge in [-0.3, -0.25) is 4.98 Å². The number of para-hydroxylation sites is 1. The van der Waals surface area contributed by atoms with Gasteiger partial charge in [0.2, 0.25) is 0 Å². The average Bonchev–Trinajstić information content (AvgIpc) is 3.37. The molecule has 0 saturated heterocycles. The van der Waals surface area contributed by atoms with Crippen LogP contribution in [0.25, 0.3) is 65.8 Å². The first-order chi connectivity index (χ1) is 14.9. The van der Waals surface area contributed by atoms with Crippen LogP contribution < -0.4 is 0 Å². The molecule has 0 radical (unpaired) electrons. The number of furan rings is 2. The molecule has 0 aliphatic heterocycles. The fraction of sp³-hybridized carbons (Fsp3) is 0. The maximum Gasteiger partial charge on any atom is 0.136 e. The van der Waals surface area contributed by atoms with Crippen LogP contribution in [0.4, 0.5) is 0 Å². The van der Waals surface area contributed by atoms with Crippen molar-refractivity contribution in [1.29, 1.82) is 0 Å². The Morgan fingerprint density at radius 1 is 0.500 bits per heavy atom. The van der Waals surface area contributed by atoms with E-state index in [0.717, 1.165) is 55.0 Å². The van der Waals surface area contributed by atoms with Crippen molar-refractivity contribution in [2.75, 3.05) is 0 Å². The maximum absolute atomic E-state index is 6.39. The van der Waals surface area contributed by atoms with E-state index in [4.69, 9.17) is 8.83 Å². The highest BCUT2D eigenvalue weighted by atomic mass is 16.3. The molecular formula is C27H15NO2. The molecule has 0 amide bonds. The topological polar surface area (TPSA) is 39.2 Å². The molecule has 7 aromatic rings. The molecular weight excluding hydrogens is 370 g/mol. The van der Waals surface area contributed by atoms with Crippen LogP contribution in [0.2, 0.25) is 0 Å². The molecule has 3 nitrogen and oxygen atoms in total. The minimum Gasteiger partial charge on any atom is -0.456 e. The van der Waals surface area contributed by atoms with Crippen molar-refractivity contribution in [3.63, 3.8) is 0 Å². The van der Waals surface area contributed by atoms with E-state index in [-0.39, 0.29) is 0 Å². The molecule has 0 fully saturated rings. The molecule has 4 aromatic carbocycles. The molecule has 3 heterocycles. The lowest BCUT2D eigenvalue weighted by Gasteiger charge is -2.08. The van der Waals surface area contributed by atoms with Gasteiger partial charge in [0.05, 0.1) is 0 Å². The molecule has 0 aliphatic carbocycles. The van der Waals surface area contributed by atoms with Gasteiger partial charge in [0.1, 0.15) is 22.3 Å². The molecule has 0 spiro atoms. The van der Waals surface area contributed by atoms with Gasteiger partial charge in [0, 0.05) is 33.9 Å². The summed E-state index contributed by atoms with van der Waals surface area (Å²) in [6.45, 7) is 0. The Morgan fingerprint density at radius 2 is 1.13 bits per heavy atom. The summed E-state index contributed by atoms with van der Waals surface area (Å²) in [5.41, 5.74) is 5.81. The van der Waals surface area contributed by atoms with Gasteiger partial charge in [-0.1, -0.05) is 42.5 Å². The van der Waals surface area contributed by atoms with Crippen molar-refractivity contribution >= 4 is 54.6 Å². The molecule has 7 rings (SSSR count). The van der Waals surface area contributed by atoms with Crippen molar-refractivity contribution in [3.8, 4) is 11.1 Å². The fourth-order valence-electron chi connectivity index (χ4n) is 4.71. The summed E-state index contributed by atoms with van der Waals surface area (Å²) in [6.07, 6.45) is 3.65. The first kappa shape index (κ1) is 15.8. The third-order valence-electron chi connectivity index (χ3n) is 5.97. The Morgan fingerprint density at radius 3 is 1.97 bits per heavy atom. The number of pyridine rings is 1. The molecule has 0 atom stereocenters. The Kier molecular flexibility index (Phi) is 3.00. The Labute approximate surface area is 171 Å². The minimum atomic E-state index is 0.876. The van der Waals surface area contributed by atoms with E-state index in [0.29, 0.717) is 0 Å². The van der Waals surface area contributed by atoms with Crippen LogP contribution in [0.3, 0.4) is 0 Å². The van der Waals surface area contributed by atoms with Crippen molar-refractivity contribution in [3.05, 3.63) is 91.3 Å². The number of rotatable bonds is 1. The number of hydrogen-bond donors (Lipinski definition) is 0. The van der Waals surface area contributed by atoms with Crippen molar-refractivity contribution in [1.82, 2.24) is 4.98 Å². The summed E-state index contributed by atoms with van der Waals surface area (Å²) in [5, 5.41) is 6.86. The first-order valence-electron chi connectivity index (χ1n) is 9.97. The van der Waals surface area contributed by atoms with Gasteiger partial charge in [-0.2, -0.15) is 0 Å². The highest BCUT2D eigenvalue weighted by molar-refractivity contribution is 6.31. The lowest BCUT2D eigenvalue weighted by molar-refractivity contribution is 0.663. The quantitative estimate of drug-likeness (QED) is 0.291.